The molecular formula is C29H28N4O3. The Labute approximate surface area is 210 Å². The molecule has 0 aliphatic carbocycles. The minimum atomic E-state index is -0.0313. The zero-order valence-corrected chi connectivity index (χ0v) is 20.5. The topological polar surface area (TPSA) is 82.6 Å². The minimum Gasteiger partial charge on any atom is -0.488 e. The van der Waals surface area contributed by atoms with Gasteiger partial charge >= 0.3 is 0 Å². The van der Waals surface area contributed by atoms with Gasteiger partial charge in [-0.3, -0.25) is 4.79 Å². The van der Waals surface area contributed by atoms with Gasteiger partial charge in [0.2, 0.25) is 0 Å². The van der Waals surface area contributed by atoms with Gasteiger partial charge in [-0.2, -0.15) is 5.26 Å². The number of carbonyl (C=O) groups excluding carboxylic acids is 1. The molecule has 0 atom stereocenters. The number of hydrogen-bond donors (Lipinski definition) is 0. The monoisotopic (exact) mass is 480 g/mol. The van der Waals surface area contributed by atoms with E-state index in [2.05, 4.69) is 16.1 Å². The predicted octanol–water partition coefficient (Wildman–Crippen LogP) is 5.25. The molecule has 1 aromatic heterocycles. The smallest absolute Gasteiger partial charge is 0.257 e. The van der Waals surface area contributed by atoms with Crippen molar-refractivity contribution in [2.24, 2.45) is 0 Å². The second kappa shape index (κ2) is 10.1. The van der Waals surface area contributed by atoms with Crippen molar-refractivity contribution in [1.82, 2.24) is 10.1 Å². The van der Waals surface area contributed by atoms with E-state index >= 15 is 0 Å². The molecule has 2 heterocycles. The first-order valence-electron chi connectivity index (χ1n) is 12.1. The fourth-order valence-electron chi connectivity index (χ4n) is 4.66. The fraction of sp³-hybridized carbons (Fsp3) is 0.276. The van der Waals surface area contributed by atoms with Crippen molar-refractivity contribution in [3.8, 4) is 11.8 Å². The van der Waals surface area contributed by atoms with E-state index in [0.717, 1.165) is 53.0 Å². The SMILES string of the molecule is Cc1noc(C)c1COc1cc2ccccc2cc1C(=O)N1CCCN(c2ccc(C#N)cc2)CC1. The van der Waals surface area contributed by atoms with Crippen LogP contribution in [0.15, 0.2) is 65.2 Å². The van der Waals surface area contributed by atoms with Gasteiger partial charge in [0, 0.05) is 31.9 Å². The number of ether oxygens (including phenoxy) is 1. The van der Waals surface area contributed by atoms with Crippen LogP contribution in [-0.4, -0.2) is 42.1 Å². The van der Waals surface area contributed by atoms with E-state index in [1.807, 2.05) is 79.4 Å². The molecule has 1 amide bonds. The Balaban J connectivity index is 1.38. The molecule has 1 aliphatic heterocycles. The number of aryl methyl sites for hydroxylation is 2. The van der Waals surface area contributed by atoms with E-state index < -0.39 is 0 Å². The summed E-state index contributed by atoms with van der Waals surface area (Å²) in [4.78, 5) is 18.0. The standard InChI is InChI=1S/C29H28N4O3/c1-20-27(21(2)36-31-20)19-35-28-17-24-7-4-3-6-23(24)16-26(28)29(34)33-13-5-12-32(14-15-33)25-10-8-22(18-30)9-11-25/h3-4,6-11,16-17H,5,12-15,19H2,1-2H3. The van der Waals surface area contributed by atoms with Gasteiger partial charge in [-0.25, -0.2) is 0 Å². The molecule has 5 rings (SSSR count). The summed E-state index contributed by atoms with van der Waals surface area (Å²) in [5.74, 6) is 1.25. The Bertz CT molecular complexity index is 1420. The summed E-state index contributed by atoms with van der Waals surface area (Å²) in [6, 6.07) is 21.6. The van der Waals surface area contributed by atoms with Crippen LogP contribution in [0.2, 0.25) is 0 Å². The summed E-state index contributed by atoms with van der Waals surface area (Å²) in [6.07, 6.45) is 0.856. The molecule has 1 saturated heterocycles. The van der Waals surface area contributed by atoms with Crippen molar-refractivity contribution in [1.29, 1.82) is 5.26 Å². The van der Waals surface area contributed by atoms with Gasteiger partial charge in [-0.15, -0.1) is 0 Å². The van der Waals surface area contributed by atoms with Crippen LogP contribution in [0.4, 0.5) is 5.69 Å². The van der Waals surface area contributed by atoms with Crippen LogP contribution in [-0.2, 0) is 6.61 Å². The molecule has 0 bridgehead atoms. The number of benzene rings is 3. The molecule has 1 fully saturated rings. The largest absolute Gasteiger partial charge is 0.488 e. The lowest BCUT2D eigenvalue weighted by Crippen LogP contribution is -2.35. The average Bonchev–Trinajstić information content (AvgIpc) is 3.09. The number of nitriles is 1. The molecule has 1 aliphatic rings. The fourth-order valence-corrected chi connectivity index (χ4v) is 4.66. The highest BCUT2D eigenvalue weighted by molar-refractivity contribution is 6.01. The van der Waals surface area contributed by atoms with Crippen molar-refractivity contribution in [2.75, 3.05) is 31.1 Å². The third-order valence-corrected chi connectivity index (χ3v) is 6.78. The number of rotatable bonds is 5. The molecule has 0 N–H and O–H groups in total. The summed E-state index contributed by atoms with van der Waals surface area (Å²) in [7, 11) is 0. The van der Waals surface area contributed by atoms with Crippen molar-refractivity contribution >= 4 is 22.4 Å². The van der Waals surface area contributed by atoms with Crippen LogP contribution < -0.4 is 9.64 Å². The van der Waals surface area contributed by atoms with Crippen LogP contribution in [0, 0.1) is 25.2 Å². The van der Waals surface area contributed by atoms with Crippen LogP contribution >= 0.6 is 0 Å². The highest BCUT2D eigenvalue weighted by atomic mass is 16.5. The molecule has 7 nitrogen and oxygen atoms in total. The molecule has 0 saturated carbocycles. The quantitative estimate of drug-likeness (QED) is 0.388. The maximum Gasteiger partial charge on any atom is 0.257 e. The summed E-state index contributed by atoms with van der Waals surface area (Å²) in [5, 5.41) is 15.1. The van der Waals surface area contributed by atoms with Crippen molar-refractivity contribution < 1.29 is 14.1 Å². The van der Waals surface area contributed by atoms with E-state index in [1.165, 1.54) is 0 Å². The highest BCUT2D eigenvalue weighted by Gasteiger charge is 2.24. The van der Waals surface area contributed by atoms with Crippen LogP contribution in [0.1, 0.15) is 39.4 Å². The van der Waals surface area contributed by atoms with E-state index in [0.29, 0.717) is 30.0 Å². The first kappa shape index (κ1) is 23.4. The van der Waals surface area contributed by atoms with Gasteiger partial charge in [-0.05, 0) is 67.4 Å². The Kier molecular flexibility index (Phi) is 6.59. The molecule has 7 heteroatoms. The van der Waals surface area contributed by atoms with Crippen molar-refractivity contribution in [3.63, 3.8) is 0 Å². The van der Waals surface area contributed by atoms with Gasteiger partial charge in [0.1, 0.15) is 18.1 Å². The number of nitrogens with zero attached hydrogens (tertiary/aromatic N) is 4. The van der Waals surface area contributed by atoms with Crippen LogP contribution in [0.5, 0.6) is 5.75 Å². The molecule has 4 aromatic rings. The lowest BCUT2D eigenvalue weighted by Gasteiger charge is -2.24. The number of aromatic nitrogens is 1. The van der Waals surface area contributed by atoms with Crippen LogP contribution in [0.25, 0.3) is 10.8 Å². The summed E-state index contributed by atoms with van der Waals surface area (Å²) in [5.41, 5.74) is 3.96. The van der Waals surface area contributed by atoms with E-state index in [1.54, 1.807) is 0 Å². The summed E-state index contributed by atoms with van der Waals surface area (Å²) >= 11 is 0. The normalized spacial score (nSPS) is 13.9. The van der Waals surface area contributed by atoms with Crippen molar-refractivity contribution in [2.45, 2.75) is 26.9 Å². The number of carbonyl (C=O) groups is 1. The third-order valence-electron chi connectivity index (χ3n) is 6.78. The summed E-state index contributed by atoms with van der Waals surface area (Å²) < 4.78 is 11.5. The zero-order chi connectivity index (χ0) is 25.1. The van der Waals surface area contributed by atoms with E-state index in [9.17, 15) is 4.79 Å². The number of hydrogen-bond acceptors (Lipinski definition) is 6. The molecule has 0 spiro atoms. The average molecular weight is 481 g/mol. The molecule has 3 aromatic carbocycles. The van der Waals surface area contributed by atoms with E-state index in [-0.39, 0.29) is 12.5 Å². The lowest BCUT2D eigenvalue weighted by atomic mass is 10.0. The Morgan fingerprint density at radius 2 is 1.78 bits per heavy atom. The first-order chi connectivity index (χ1) is 17.5. The van der Waals surface area contributed by atoms with Gasteiger partial charge in [0.15, 0.2) is 0 Å². The van der Waals surface area contributed by atoms with Gasteiger partial charge in [-0.1, -0.05) is 29.4 Å². The highest BCUT2D eigenvalue weighted by Crippen LogP contribution is 2.29. The van der Waals surface area contributed by atoms with Crippen molar-refractivity contribution in [3.05, 3.63) is 88.8 Å². The second-order valence-electron chi connectivity index (χ2n) is 9.08. The van der Waals surface area contributed by atoms with E-state index in [4.69, 9.17) is 14.5 Å². The van der Waals surface area contributed by atoms with Gasteiger partial charge in [0.25, 0.3) is 5.91 Å². The molecule has 0 unspecified atom stereocenters. The van der Waals surface area contributed by atoms with Gasteiger partial charge in [0.05, 0.1) is 28.5 Å². The Morgan fingerprint density at radius 1 is 1.03 bits per heavy atom. The Morgan fingerprint density at radius 3 is 2.47 bits per heavy atom. The number of amides is 1. The van der Waals surface area contributed by atoms with Crippen LogP contribution in [0.3, 0.4) is 0 Å². The number of anilines is 1. The lowest BCUT2D eigenvalue weighted by molar-refractivity contribution is 0.0762. The minimum absolute atomic E-state index is 0.0313. The molecular weight excluding hydrogens is 452 g/mol. The molecule has 182 valence electrons. The third kappa shape index (κ3) is 4.76. The molecule has 0 radical (unpaired) electrons. The van der Waals surface area contributed by atoms with Gasteiger partial charge < -0.3 is 19.1 Å². The number of fused-ring (bicyclic) bond motifs is 1. The first-order valence-corrected chi connectivity index (χ1v) is 12.1. The zero-order valence-electron chi connectivity index (χ0n) is 20.5. The second-order valence-corrected chi connectivity index (χ2v) is 9.08. The Hall–Kier alpha value is -4.31. The predicted molar refractivity (Wildman–Crippen MR) is 138 cm³/mol. The summed E-state index contributed by atoms with van der Waals surface area (Å²) in [6.45, 7) is 6.88. The maximum atomic E-state index is 13.8. The maximum absolute atomic E-state index is 13.8. The molecule has 36 heavy (non-hydrogen) atoms.